The van der Waals surface area contributed by atoms with Gasteiger partial charge in [0, 0.05) is 12.1 Å². The third kappa shape index (κ3) is 4.46. The number of hydrogen-bond donors (Lipinski definition) is 2. The fourth-order valence-electron chi connectivity index (χ4n) is 1.58. The summed E-state index contributed by atoms with van der Waals surface area (Å²) >= 11 is 16.9. The predicted molar refractivity (Wildman–Crippen MR) is 91.2 cm³/mol. The highest BCUT2D eigenvalue weighted by Gasteiger charge is 2.06. The van der Waals surface area contributed by atoms with Gasteiger partial charge in [0.2, 0.25) is 0 Å². The summed E-state index contributed by atoms with van der Waals surface area (Å²) in [5.74, 6) is 1.28. The van der Waals surface area contributed by atoms with E-state index in [1.165, 1.54) is 0 Å². The Balaban J connectivity index is 2.05. The maximum Gasteiger partial charge on any atom is 0.186 e. The molecule has 21 heavy (non-hydrogen) atoms. The number of furan rings is 1. The molecule has 0 spiro atoms. The Morgan fingerprint density at radius 1 is 1.29 bits per heavy atom. The first-order valence-electron chi connectivity index (χ1n) is 6.22. The number of hydrogen-bond acceptors (Lipinski definition) is 3. The van der Waals surface area contributed by atoms with Gasteiger partial charge in [0.05, 0.1) is 16.3 Å². The van der Waals surface area contributed by atoms with Crippen molar-refractivity contribution in [3.05, 3.63) is 46.1 Å². The van der Waals surface area contributed by atoms with Gasteiger partial charge in [0.1, 0.15) is 11.5 Å². The zero-order valence-corrected chi connectivity index (χ0v) is 13.5. The van der Waals surface area contributed by atoms with E-state index in [9.17, 15) is 0 Å². The summed E-state index contributed by atoms with van der Waals surface area (Å²) < 4.78 is 5.65. The average molecular weight is 342 g/mol. The number of halogens is 2. The summed E-state index contributed by atoms with van der Waals surface area (Å²) in [7, 11) is 0. The number of benzene rings is 1. The van der Waals surface area contributed by atoms with Crippen molar-refractivity contribution < 1.29 is 4.42 Å². The first-order chi connectivity index (χ1) is 10.1. The third-order valence-electron chi connectivity index (χ3n) is 2.53. The highest BCUT2D eigenvalue weighted by Crippen LogP contribution is 2.29. The van der Waals surface area contributed by atoms with Crippen LogP contribution in [0, 0.1) is 0 Å². The second-order valence-electron chi connectivity index (χ2n) is 4.06. The van der Waals surface area contributed by atoms with Gasteiger partial charge in [-0.3, -0.25) is 5.43 Å². The van der Waals surface area contributed by atoms with Crippen molar-refractivity contribution in [2.24, 2.45) is 5.10 Å². The Hall–Kier alpha value is -1.56. The van der Waals surface area contributed by atoms with Crippen molar-refractivity contribution in [2.45, 2.75) is 6.92 Å². The van der Waals surface area contributed by atoms with E-state index in [0.717, 1.165) is 12.1 Å². The molecule has 2 aromatic rings. The molecule has 1 aromatic heterocycles. The molecule has 0 unspecified atom stereocenters. The number of rotatable bonds is 4. The van der Waals surface area contributed by atoms with Crippen LogP contribution in [0.2, 0.25) is 10.0 Å². The Morgan fingerprint density at radius 2 is 2.10 bits per heavy atom. The lowest BCUT2D eigenvalue weighted by Gasteiger charge is -2.02. The highest BCUT2D eigenvalue weighted by molar-refractivity contribution is 7.80. The van der Waals surface area contributed by atoms with E-state index >= 15 is 0 Å². The van der Waals surface area contributed by atoms with Crippen molar-refractivity contribution in [2.75, 3.05) is 6.54 Å². The molecule has 0 aliphatic heterocycles. The van der Waals surface area contributed by atoms with Crippen LogP contribution in [0.25, 0.3) is 11.3 Å². The third-order valence-corrected chi connectivity index (χ3v) is 3.50. The van der Waals surface area contributed by atoms with Crippen molar-refractivity contribution >= 4 is 46.7 Å². The Labute approximate surface area is 138 Å². The van der Waals surface area contributed by atoms with E-state index in [2.05, 4.69) is 15.8 Å². The van der Waals surface area contributed by atoms with Crippen molar-refractivity contribution in [3.63, 3.8) is 0 Å². The molecular weight excluding hydrogens is 329 g/mol. The summed E-state index contributed by atoms with van der Waals surface area (Å²) in [5, 5.41) is 8.36. The summed E-state index contributed by atoms with van der Waals surface area (Å²) in [4.78, 5) is 0. The van der Waals surface area contributed by atoms with Crippen LogP contribution in [0.4, 0.5) is 0 Å². The summed E-state index contributed by atoms with van der Waals surface area (Å²) in [6, 6.07) is 8.96. The van der Waals surface area contributed by atoms with Crippen LogP contribution in [0.3, 0.4) is 0 Å². The van der Waals surface area contributed by atoms with Crippen LogP contribution < -0.4 is 10.7 Å². The van der Waals surface area contributed by atoms with E-state index in [-0.39, 0.29) is 0 Å². The van der Waals surface area contributed by atoms with Crippen LogP contribution in [-0.4, -0.2) is 17.9 Å². The summed E-state index contributed by atoms with van der Waals surface area (Å²) in [6.45, 7) is 2.69. The first-order valence-corrected chi connectivity index (χ1v) is 7.38. The lowest BCUT2D eigenvalue weighted by atomic mass is 10.2. The number of nitrogens with one attached hydrogen (secondary N) is 2. The van der Waals surface area contributed by atoms with Crippen LogP contribution in [0.1, 0.15) is 12.7 Å². The zero-order valence-electron chi connectivity index (χ0n) is 11.2. The van der Waals surface area contributed by atoms with E-state index in [0.29, 0.717) is 26.7 Å². The van der Waals surface area contributed by atoms with E-state index in [4.69, 9.17) is 39.8 Å². The topological polar surface area (TPSA) is 49.6 Å². The molecule has 0 saturated carbocycles. The molecule has 2 rings (SSSR count). The zero-order chi connectivity index (χ0) is 15.2. The van der Waals surface area contributed by atoms with Gasteiger partial charge in [0.15, 0.2) is 5.11 Å². The van der Waals surface area contributed by atoms with Gasteiger partial charge in [-0.1, -0.05) is 23.2 Å². The van der Waals surface area contributed by atoms with E-state index in [1.54, 1.807) is 24.4 Å². The maximum absolute atomic E-state index is 5.99. The smallest absolute Gasteiger partial charge is 0.186 e. The highest BCUT2D eigenvalue weighted by atomic mass is 35.5. The van der Waals surface area contributed by atoms with Gasteiger partial charge >= 0.3 is 0 Å². The Kier molecular flexibility index (Phi) is 5.61. The first kappa shape index (κ1) is 15.8. The minimum Gasteiger partial charge on any atom is -0.455 e. The van der Waals surface area contributed by atoms with Crippen molar-refractivity contribution in [3.8, 4) is 11.3 Å². The molecule has 0 amide bonds. The van der Waals surface area contributed by atoms with E-state index in [1.807, 2.05) is 19.1 Å². The summed E-state index contributed by atoms with van der Waals surface area (Å²) in [6.07, 6.45) is 1.55. The van der Waals surface area contributed by atoms with Gasteiger partial charge in [-0.05, 0) is 49.5 Å². The van der Waals surface area contributed by atoms with Crippen molar-refractivity contribution in [1.82, 2.24) is 10.7 Å². The number of thiocarbonyl (C=S) groups is 1. The van der Waals surface area contributed by atoms with Gasteiger partial charge < -0.3 is 9.73 Å². The molecular formula is C14H13Cl2N3OS. The molecule has 2 N–H and O–H groups in total. The van der Waals surface area contributed by atoms with Gasteiger partial charge in [-0.2, -0.15) is 5.10 Å². The quantitative estimate of drug-likeness (QED) is 0.500. The fraction of sp³-hybridized carbons (Fsp3) is 0.143. The molecule has 0 aliphatic carbocycles. The Morgan fingerprint density at radius 3 is 2.81 bits per heavy atom. The normalized spacial score (nSPS) is 10.8. The van der Waals surface area contributed by atoms with Crippen LogP contribution in [0.5, 0.6) is 0 Å². The molecule has 0 saturated heterocycles. The van der Waals surface area contributed by atoms with Crippen LogP contribution in [0.15, 0.2) is 39.9 Å². The van der Waals surface area contributed by atoms with Crippen LogP contribution in [-0.2, 0) is 0 Å². The van der Waals surface area contributed by atoms with E-state index < -0.39 is 0 Å². The second kappa shape index (κ2) is 7.45. The molecule has 0 aliphatic rings. The lowest BCUT2D eigenvalue weighted by Crippen LogP contribution is -2.31. The molecule has 0 bridgehead atoms. The molecule has 0 atom stereocenters. The molecule has 110 valence electrons. The summed E-state index contributed by atoms with van der Waals surface area (Å²) in [5.41, 5.74) is 3.54. The number of nitrogens with zero attached hydrogens (tertiary/aromatic N) is 1. The molecule has 1 heterocycles. The molecule has 1 aromatic carbocycles. The SMILES string of the molecule is CCNC(=S)N/N=C/c1ccc(-c2ccc(Cl)c(Cl)c2)o1. The molecule has 0 radical (unpaired) electrons. The minimum atomic E-state index is 0.463. The van der Waals surface area contributed by atoms with Gasteiger partial charge in [-0.25, -0.2) is 0 Å². The second-order valence-corrected chi connectivity index (χ2v) is 5.28. The minimum absolute atomic E-state index is 0.463. The van der Waals surface area contributed by atoms with Gasteiger partial charge in [0.25, 0.3) is 0 Å². The monoisotopic (exact) mass is 341 g/mol. The standard InChI is InChI=1S/C14H13Cl2N3OS/c1-2-17-14(21)19-18-8-10-4-6-13(20-10)9-3-5-11(15)12(16)7-9/h3-8H,2H2,1H3,(H2,17,19,21)/b18-8+. The molecule has 0 fully saturated rings. The number of hydrazone groups is 1. The largest absolute Gasteiger partial charge is 0.455 e. The maximum atomic E-state index is 5.99. The molecule has 4 nitrogen and oxygen atoms in total. The fourth-order valence-corrected chi connectivity index (χ4v) is 2.08. The Bertz CT molecular complexity index is 670. The predicted octanol–water partition coefficient (Wildman–Crippen LogP) is 4.07. The van der Waals surface area contributed by atoms with Gasteiger partial charge in [-0.15, -0.1) is 0 Å². The molecule has 7 heteroatoms. The average Bonchev–Trinajstić information content (AvgIpc) is 2.91. The van der Waals surface area contributed by atoms with Crippen molar-refractivity contribution in [1.29, 1.82) is 0 Å². The lowest BCUT2D eigenvalue weighted by molar-refractivity contribution is 0.574. The van der Waals surface area contributed by atoms with Crippen LogP contribution >= 0.6 is 35.4 Å².